The van der Waals surface area contributed by atoms with E-state index in [9.17, 15) is 4.79 Å². The molecule has 148 valence electrons. The molecule has 6 heteroatoms. The van der Waals surface area contributed by atoms with Gasteiger partial charge in [0, 0.05) is 37.8 Å². The van der Waals surface area contributed by atoms with Crippen molar-refractivity contribution in [3.63, 3.8) is 0 Å². The van der Waals surface area contributed by atoms with E-state index >= 15 is 0 Å². The van der Waals surface area contributed by atoms with Crippen molar-refractivity contribution in [2.24, 2.45) is 7.05 Å². The van der Waals surface area contributed by atoms with Crippen molar-refractivity contribution in [3.8, 4) is 0 Å². The molecule has 0 radical (unpaired) electrons. The van der Waals surface area contributed by atoms with Crippen LogP contribution in [0.3, 0.4) is 0 Å². The van der Waals surface area contributed by atoms with Gasteiger partial charge in [0.2, 0.25) is 0 Å². The molecule has 1 aromatic heterocycles. The standard InChI is InChI=1S/C22H25BrN2O3/c1-15-5-7-17(19(23)10-15)13-25(14-18-4-3-9-27-18)12-16-6-8-20-21(11-16)28-22(26)24(20)2/h5-8,10-11,18H,3-4,9,12-14H2,1-2H3. The quantitative estimate of drug-likeness (QED) is 0.565. The highest BCUT2D eigenvalue weighted by Gasteiger charge is 2.20. The Labute approximate surface area is 173 Å². The maximum absolute atomic E-state index is 11.8. The van der Waals surface area contributed by atoms with Crippen LogP contribution in [-0.4, -0.2) is 28.7 Å². The Hall–Kier alpha value is -1.89. The number of nitrogens with zero attached hydrogens (tertiary/aromatic N) is 2. The van der Waals surface area contributed by atoms with Crippen LogP contribution >= 0.6 is 15.9 Å². The van der Waals surface area contributed by atoms with E-state index in [-0.39, 0.29) is 11.9 Å². The van der Waals surface area contributed by atoms with Crippen molar-refractivity contribution in [3.05, 3.63) is 68.1 Å². The van der Waals surface area contributed by atoms with Gasteiger partial charge in [0.25, 0.3) is 0 Å². The molecule has 0 spiro atoms. The minimum absolute atomic E-state index is 0.280. The van der Waals surface area contributed by atoms with Crippen LogP contribution < -0.4 is 5.76 Å². The summed E-state index contributed by atoms with van der Waals surface area (Å²) >= 11 is 3.71. The van der Waals surface area contributed by atoms with Crippen molar-refractivity contribution in [1.29, 1.82) is 0 Å². The smallest absolute Gasteiger partial charge is 0.408 e. The minimum Gasteiger partial charge on any atom is -0.408 e. The molecule has 2 aromatic carbocycles. The average molecular weight is 445 g/mol. The predicted molar refractivity (Wildman–Crippen MR) is 113 cm³/mol. The molecule has 0 saturated carbocycles. The molecule has 5 nitrogen and oxygen atoms in total. The molecule has 0 N–H and O–H groups in total. The Kier molecular flexibility index (Phi) is 5.71. The number of hydrogen-bond acceptors (Lipinski definition) is 4. The van der Waals surface area contributed by atoms with Gasteiger partial charge in [-0.1, -0.05) is 34.1 Å². The van der Waals surface area contributed by atoms with Gasteiger partial charge in [-0.2, -0.15) is 0 Å². The van der Waals surface area contributed by atoms with Gasteiger partial charge in [0.1, 0.15) is 0 Å². The molecule has 0 amide bonds. The fourth-order valence-electron chi connectivity index (χ4n) is 3.82. The van der Waals surface area contributed by atoms with E-state index in [1.807, 2.05) is 12.1 Å². The van der Waals surface area contributed by atoms with Gasteiger partial charge < -0.3 is 9.15 Å². The lowest BCUT2D eigenvalue weighted by molar-refractivity contribution is 0.0678. The molecule has 2 heterocycles. The first-order chi connectivity index (χ1) is 13.5. The third kappa shape index (κ3) is 4.24. The Morgan fingerprint density at radius 1 is 1.21 bits per heavy atom. The van der Waals surface area contributed by atoms with Crippen LogP contribution in [0.5, 0.6) is 0 Å². The molecule has 28 heavy (non-hydrogen) atoms. The first-order valence-electron chi connectivity index (χ1n) is 9.67. The average Bonchev–Trinajstić information content (AvgIpc) is 3.26. The van der Waals surface area contributed by atoms with Crippen LogP contribution in [0.1, 0.15) is 29.5 Å². The number of fused-ring (bicyclic) bond motifs is 1. The fraction of sp³-hybridized carbons (Fsp3) is 0.409. The Balaban J connectivity index is 1.58. The molecule has 3 aromatic rings. The van der Waals surface area contributed by atoms with E-state index in [0.717, 1.165) is 54.6 Å². The zero-order chi connectivity index (χ0) is 19.7. The summed E-state index contributed by atoms with van der Waals surface area (Å²) < 4.78 is 13.9. The van der Waals surface area contributed by atoms with Crippen LogP contribution in [0.2, 0.25) is 0 Å². The summed E-state index contributed by atoms with van der Waals surface area (Å²) in [5.41, 5.74) is 5.09. The van der Waals surface area contributed by atoms with Crippen molar-refractivity contribution in [2.75, 3.05) is 13.2 Å². The van der Waals surface area contributed by atoms with Gasteiger partial charge in [-0.25, -0.2) is 4.79 Å². The fourth-order valence-corrected chi connectivity index (χ4v) is 4.44. The van der Waals surface area contributed by atoms with Gasteiger partial charge in [-0.15, -0.1) is 0 Å². The van der Waals surface area contributed by atoms with E-state index in [0.29, 0.717) is 5.58 Å². The lowest BCUT2D eigenvalue weighted by Crippen LogP contribution is -2.31. The lowest BCUT2D eigenvalue weighted by Gasteiger charge is -2.26. The molecular formula is C22H25BrN2O3. The highest BCUT2D eigenvalue weighted by Crippen LogP contribution is 2.23. The van der Waals surface area contributed by atoms with E-state index in [2.05, 4.69) is 52.0 Å². The molecule has 1 aliphatic heterocycles. The van der Waals surface area contributed by atoms with Crippen LogP contribution in [-0.2, 0) is 24.9 Å². The zero-order valence-electron chi connectivity index (χ0n) is 16.3. The Morgan fingerprint density at radius 2 is 2.07 bits per heavy atom. The maximum atomic E-state index is 11.8. The van der Waals surface area contributed by atoms with E-state index in [1.54, 1.807) is 7.05 Å². The highest BCUT2D eigenvalue weighted by atomic mass is 79.9. The second-order valence-electron chi connectivity index (χ2n) is 7.63. The van der Waals surface area contributed by atoms with Gasteiger partial charge in [-0.05, 0) is 54.7 Å². The van der Waals surface area contributed by atoms with Crippen LogP contribution in [0.25, 0.3) is 11.1 Å². The van der Waals surface area contributed by atoms with E-state index < -0.39 is 0 Å². The van der Waals surface area contributed by atoms with Crippen molar-refractivity contribution in [2.45, 2.75) is 39.0 Å². The van der Waals surface area contributed by atoms with E-state index in [4.69, 9.17) is 9.15 Å². The molecule has 1 fully saturated rings. The number of hydrogen-bond donors (Lipinski definition) is 0. The Bertz CT molecular complexity index is 1030. The summed E-state index contributed by atoms with van der Waals surface area (Å²) in [6, 6.07) is 12.5. The van der Waals surface area contributed by atoms with Crippen LogP contribution in [0.15, 0.2) is 50.1 Å². The van der Waals surface area contributed by atoms with Gasteiger partial charge >= 0.3 is 5.76 Å². The zero-order valence-corrected chi connectivity index (χ0v) is 17.9. The SMILES string of the molecule is Cc1ccc(CN(Cc2ccc3c(c2)oc(=O)n3C)CC2CCCO2)c(Br)c1. The number of halogens is 1. The number of rotatable bonds is 6. The molecule has 0 bridgehead atoms. The van der Waals surface area contributed by atoms with Crippen molar-refractivity contribution < 1.29 is 9.15 Å². The lowest BCUT2D eigenvalue weighted by atomic mass is 10.1. The predicted octanol–water partition coefficient (Wildman–Crippen LogP) is 4.38. The molecule has 1 unspecified atom stereocenters. The van der Waals surface area contributed by atoms with Crippen molar-refractivity contribution in [1.82, 2.24) is 9.47 Å². The summed E-state index contributed by atoms with van der Waals surface area (Å²) in [5, 5.41) is 0. The topological polar surface area (TPSA) is 47.6 Å². The molecule has 4 rings (SSSR count). The van der Waals surface area contributed by atoms with Crippen LogP contribution in [0.4, 0.5) is 0 Å². The third-order valence-electron chi connectivity index (χ3n) is 5.35. The number of ether oxygens (including phenoxy) is 1. The number of aryl methyl sites for hydroxylation is 2. The highest BCUT2D eigenvalue weighted by molar-refractivity contribution is 9.10. The minimum atomic E-state index is -0.327. The molecule has 1 atom stereocenters. The first-order valence-corrected chi connectivity index (χ1v) is 10.5. The molecule has 1 aliphatic rings. The molecule has 0 aliphatic carbocycles. The number of benzene rings is 2. The van der Waals surface area contributed by atoms with E-state index in [1.165, 1.54) is 15.7 Å². The second-order valence-corrected chi connectivity index (χ2v) is 8.48. The number of aromatic nitrogens is 1. The molecular weight excluding hydrogens is 420 g/mol. The largest absolute Gasteiger partial charge is 0.419 e. The van der Waals surface area contributed by atoms with Crippen LogP contribution in [0, 0.1) is 6.92 Å². The molecule has 1 saturated heterocycles. The first kappa shape index (κ1) is 19.4. The van der Waals surface area contributed by atoms with Gasteiger partial charge in [0.05, 0.1) is 11.6 Å². The number of oxazole rings is 1. The summed E-state index contributed by atoms with van der Waals surface area (Å²) in [4.78, 5) is 14.2. The van der Waals surface area contributed by atoms with Crippen molar-refractivity contribution >= 4 is 27.0 Å². The van der Waals surface area contributed by atoms with Gasteiger partial charge in [-0.3, -0.25) is 9.47 Å². The maximum Gasteiger partial charge on any atom is 0.419 e. The third-order valence-corrected chi connectivity index (χ3v) is 6.09. The summed E-state index contributed by atoms with van der Waals surface area (Å²) in [7, 11) is 1.73. The normalized spacial score (nSPS) is 17.1. The van der Waals surface area contributed by atoms with Gasteiger partial charge in [0.15, 0.2) is 5.58 Å². The summed E-state index contributed by atoms with van der Waals surface area (Å²) in [5.74, 6) is -0.327. The summed E-state index contributed by atoms with van der Waals surface area (Å²) in [6.07, 6.45) is 2.52. The summed E-state index contributed by atoms with van der Waals surface area (Å²) in [6.45, 7) is 5.44. The Morgan fingerprint density at radius 3 is 2.82 bits per heavy atom. The monoisotopic (exact) mass is 444 g/mol. The second kappa shape index (κ2) is 8.23.